The number of carbonyl (C=O) groups is 2. The van der Waals surface area contributed by atoms with Gasteiger partial charge in [0.2, 0.25) is 5.91 Å². The molecule has 0 bridgehead atoms. The predicted molar refractivity (Wildman–Crippen MR) is 117 cm³/mol. The number of amides is 2. The van der Waals surface area contributed by atoms with Crippen LogP contribution in [0.4, 0.5) is 9.93 Å². The molecule has 2 aromatic heterocycles. The minimum Gasteiger partial charge on any atom is -0.453 e. The van der Waals surface area contributed by atoms with E-state index >= 15 is 0 Å². The van der Waals surface area contributed by atoms with Gasteiger partial charge in [-0.1, -0.05) is 55.5 Å². The molecule has 1 atom stereocenters. The number of aryl methyl sites for hydroxylation is 1. The van der Waals surface area contributed by atoms with Gasteiger partial charge in [-0.05, 0) is 12.3 Å². The molecule has 158 valence electrons. The van der Waals surface area contributed by atoms with E-state index in [2.05, 4.69) is 25.3 Å². The molecule has 1 unspecified atom stereocenters. The zero-order valence-electron chi connectivity index (χ0n) is 17.4. The van der Waals surface area contributed by atoms with Gasteiger partial charge in [0, 0.05) is 25.0 Å². The lowest BCUT2D eigenvalue weighted by Gasteiger charge is -2.18. The summed E-state index contributed by atoms with van der Waals surface area (Å²) in [5, 5.41) is 5.89. The Bertz CT molecular complexity index is 1010. The summed E-state index contributed by atoms with van der Waals surface area (Å²) in [7, 11) is 3.18. The highest BCUT2D eigenvalue weighted by molar-refractivity contribution is 7.19. The van der Waals surface area contributed by atoms with Gasteiger partial charge in [-0.25, -0.2) is 14.8 Å². The van der Waals surface area contributed by atoms with Crippen LogP contribution in [0.25, 0.3) is 22.0 Å². The molecule has 0 radical (unpaired) electrons. The number of anilines is 1. The summed E-state index contributed by atoms with van der Waals surface area (Å²) in [6.07, 6.45) is 3.42. The van der Waals surface area contributed by atoms with Crippen LogP contribution in [0.5, 0.6) is 0 Å². The molecule has 3 aromatic rings. The first-order valence-electron chi connectivity index (χ1n) is 9.58. The van der Waals surface area contributed by atoms with Crippen molar-refractivity contribution in [2.45, 2.75) is 26.3 Å². The van der Waals surface area contributed by atoms with Crippen LogP contribution < -0.4 is 10.6 Å². The summed E-state index contributed by atoms with van der Waals surface area (Å²) < 4.78 is 6.56. The fourth-order valence-corrected chi connectivity index (χ4v) is 4.03. The fraction of sp³-hybridized carbons (Fsp3) is 0.333. The van der Waals surface area contributed by atoms with E-state index in [4.69, 9.17) is 0 Å². The lowest BCUT2D eigenvalue weighted by Crippen LogP contribution is -2.44. The number of hydrogen-bond acceptors (Lipinski definition) is 6. The summed E-state index contributed by atoms with van der Waals surface area (Å²) in [6, 6.07) is 9.02. The van der Waals surface area contributed by atoms with E-state index in [-0.39, 0.29) is 11.8 Å². The van der Waals surface area contributed by atoms with Crippen molar-refractivity contribution in [3.63, 3.8) is 0 Å². The van der Waals surface area contributed by atoms with Crippen LogP contribution >= 0.6 is 11.3 Å². The number of aromatic nitrogens is 3. The van der Waals surface area contributed by atoms with Gasteiger partial charge in [0.25, 0.3) is 0 Å². The molecule has 0 saturated carbocycles. The second kappa shape index (κ2) is 9.53. The van der Waals surface area contributed by atoms with Crippen molar-refractivity contribution in [2.24, 2.45) is 13.0 Å². The number of nitrogens with zero attached hydrogens (tertiary/aromatic N) is 3. The molecule has 8 nitrogen and oxygen atoms in total. The normalized spacial score (nSPS) is 11.9. The first-order valence-corrected chi connectivity index (χ1v) is 10.4. The second-order valence-electron chi connectivity index (χ2n) is 7.23. The standard InChI is InChI=1S/C21H25N5O3S/c1-13(2)12-15(23-21(28)29-4)19(27)25-20-24-16(14-8-6-5-7-9-14)17(30-20)18-22-10-11-26(18)3/h5-11,13,15H,12H2,1-4H3,(H,23,28)(H,24,25,27). The monoisotopic (exact) mass is 427 g/mol. The minimum atomic E-state index is -0.724. The first kappa shape index (κ1) is 21.5. The van der Waals surface area contributed by atoms with Crippen LogP contribution in [0, 0.1) is 5.92 Å². The van der Waals surface area contributed by atoms with E-state index in [9.17, 15) is 9.59 Å². The molecule has 2 amide bonds. The average Bonchev–Trinajstić information content (AvgIpc) is 3.33. The third-order valence-electron chi connectivity index (χ3n) is 4.43. The van der Waals surface area contributed by atoms with E-state index in [1.54, 1.807) is 6.20 Å². The highest BCUT2D eigenvalue weighted by Gasteiger charge is 2.25. The Labute approximate surface area is 179 Å². The van der Waals surface area contributed by atoms with Crippen molar-refractivity contribution in [1.82, 2.24) is 19.9 Å². The minimum absolute atomic E-state index is 0.206. The number of imidazole rings is 1. The molecular weight excluding hydrogens is 402 g/mol. The van der Waals surface area contributed by atoms with Crippen LogP contribution in [-0.4, -0.2) is 39.7 Å². The highest BCUT2D eigenvalue weighted by atomic mass is 32.1. The summed E-state index contributed by atoms with van der Waals surface area (Å²) in [5.74, 6) is 0.629. The number of carbonyl (C=O) groups excluding carboxylic acids is 2. The molecule has 9 heteroatoms. The average molecular weight is 428 g/mol. The SMILES string of the molecule is COC(=O)NC(CC(C)C)C(=O)Nc1nc(-c2ccccc2)c(-c2nccn2C)s1. The Hall–Kier alpha value is -3.20. The second-order valence-corrected chi connectivity index (χ2v) is 8.23. The molecular formula is C21H25N5O3S. The van der Waals surface area contributed by atoms with Crippen LogP contribution in [0.1, 0.15) is 20.3 Å². The number of benzene rings is 1. The Morgan fingerprint density at radius 2 is 1.97 bits per heavy atom. The summed E-state index contributed by atoms with van der Waals surface area (Å²) >= 11 is 1.35. The number of nitrogens with one attached hydrogen (secondary N) is 2. The Morgan fingerprint density at radius 1 is 1.23 bits per heavy atom. The number of methoxy groups -OCH3 is 1. The molecule has 3 rings (SSSR count). The van der Waals surface area contributed by atoms with Gasteiger partial charge >= 0.3 is 6.09 Å². The van der Waals surface area contributed by atoms with Crippen molar-refractivity contribution in [1.29, 1.82) is 0 Å². The summed E-state index contributed by atoms with van der Waals surface area (Å²) in [4.78, 5) is 34.5. The molecule has 0 aliphatic rings. The van der Waals surface area contributed by atoms with Crippen LogP contribution in [0.3, 0.4) is 0 Å². The molecule has 2 heterocycles. The van der Waals surface area contributed by atoms with Gasteiger partial charge in [-0.3, -0.25) is 4.79 Å². The van der Waals surface area contributed by atoms with E-state index in [0.717, 1.165) is 22.0 Å². The van der Waals surface area contributed by atoms with Gasteiger partial charge < -0.3 is 19.9 Å². The van der Waals surface area contributed by atoms with E-state index in [1.165, 1.54) is 18.4 Å². The molecule has 0 saturated heterocycles. The molecule has 0 aliphatic heterocycles. The van der Waals surface area contributed by atoms with Gasteiger partial charge in [-0.15, -0.1) is 0 Å². The molecule has 30 heavy (non-hydrogen) atoms. The molecule has 2 N–H and O–H groups in total. The zero-order valence-corrected chi connectivity index (χ0v) is 18.2. The number of thiazole rings is 1. The van der Waals surface area contributed by atoms with Gasteiger partial charge in [0.15, 0.2) is 11.0 Å². The smallest absolute Gasteiger partial charge is 0.407 e. The van der Waals surface area contributed by atoms with Gasteiger partial charge in [0.05, 0.1) is 17.7 Å². The Kier molecular flexibility index (Phi) is 6.83. The summed E-state index contributed by atoms with van der Waals surface area (Å²) in [6.45, 7) is 3.96. The lowest BCUT2D eigenvalue weighted by molar-refractivity contribution is -0.118. The Morgan fingerprint density at radius 3 is 2.57 bits per heavy atom. The number of rotatable bonds is 7. The van der Waals surface area contributed by atoms with Crippen molar-refractivity contribution in [3.05, 3.63) is 42.7 Å². The van der Waals surface area contributed by atoms with E-state index in [0.29, 0.717) is 11.6 Å². The molecule has 0 aliphatic carbocycles. The van der Waals surface area contributed by atoms with Gasteiger partial charge in [-0.2, -0.15) is 0 Å². The van der Waals surface area contributed by atoms with Crippen LogP contribution in [0.15, 0.2) is 42.7 Å². The Balaban J connectivity index is 1.92. The maximum atomic E-state index is 12.9. The van der Waals surface area contributed by atoms with Crippen LogP contribution in [-0.2, 0) is 16.6 Å². The number of ether oxygens (including phenoxy) is 1. The van der Waals surface area contributed by atoms with E-state index in [1.807, 2.05) is 62.0 Å². The maximum Gasteiger partial charge on any atom is 0.407 e. The molecule has 0 spiro atoms. The topological polar surface area (TPSA) is 98.1 Å². The van der Waals surface area contributed by atoms with Crippen molar-refractivity contribution < 1.29 is 14.3 Å². The van der Waals surface area contributed by atoms with Gasteiger partial charge in [0.1, 0.15) is 6.04 Å². The molecule has 1 aromatic carbocycles. The van der Waals surface area contributed by atoms with Crippen molar-refractivity contribution in [3.8, 4) is 22.0 Å². The van der Waals surface area contributed by atoms with Crippen molar-refractivity contribution >= 4 is 28.5 Å². The lowest BCUT2D eigenvalue weighted by atomic mass is 10.0. The quantitative estimate of drug-likeness (QED) is 0.596. The first-order chi connectivity index (χ1) is 14.4. The number of alkyl carbamates (subject to hydrolysis) is 1. The van der Waals surface area contributed by atoms with Crippen LogP contribution in [0.2, 0.25) is 0 Å². The highest BCUT2D eigenvalue weighted by Crippen LogP contribution is 2.38. The summed E-state index contributed by atoms with van der Waals surface area (Å²) in [5.41, 5.74) is 1.67. The number of hydrogen-bond donors (Lipinski definition) is 2. The predicted octanol–water partition coefficient (Wildman–Crippen LogP) is 3.92. The van der Waals surface area contributed by atoms with E-state index < -0.39 is 12.1 Å². The maximum absolute atomic E-state index is 12.9. The third kappa shape index (κ3) is 5.04. The fourth-order valence-electron chi connectivity index (χ4n) is 3.00. The third-order valence-corrected chi connectivity index (χ3v) is 5.40. The van der Waals surface area contributed by atoms with Crippen molar-refractivity contribution in [2.75, 3.05) is 12.4 Å². The largest absolute Gasteiger partial charge is 0.453 e. The molecule has 0 fully saturated rings. The zero-order chi connectivity index (χ0) is 21.7.